The van der Waals surface area contributed by atoms with Crippen molar-refractivity contribution in [3.05, 3.63) is 34.9 Å². The molecule has 7 heteroatoms. The lowest BCUT2D eigenvalue weighted by molar-refractivity contribution is -0.157. The minimum atomic E-state index is -1.20. The number of rotatable bonds is 7. The molecule has 1 aromatic carbocycles. The van der Waals surface area contributed by atoms with Crippen LogP contribution < -0.4 is 5.32 Å². The highest BCUT2D eigenvalue weighted by atomic mass is 16.6. The van der Waals surface area contributed by atoms with Gasteiger partial charge in [0, 0.05) is 0 Å². The fourth-order valence-corrected chi connectivity index (χ4v) is 2.30. The monoisotopic (exact) mass is 337 g/mol. The molecule has 0 saturated carbocycles. The van der Waals surface area contributed by atoms with Crippen LogP contribution in [0.2, 0.25) is 0 Å². The Bertz CT molecular complexity index is 600. The van der Waals surface area contributed by atoms with Crippen LogP contribution in [0.25, 0.3) is 0 Å². The summed E-state index contributed by atoms with van der Waals surface area (Å²) in [5, 5.41) is 21.3. The first kappa shape index (κ1) is 19.6. The molecule has 0 spiro atoms. The van der Waals surface area contributed by atoms with E-state index in [9.17, 15) is 24.6 Å². The summed E-state index contributed by atoms with van der Waals surface area (Å²) in [5.41, 5.74) is -0.596. The van der Waals surface area contributed by atoms with E-state index in [1.54, 1.807) is 27.8 Å². The molecule has 24 heavy (non-hydrogen) atoms. The van der Waals surface area contributed by atoms with Crippen LogP contribution in [-0.2, 0) is 16.0 Å². The smallest absolute Gasteiger partial charge is 0.335 e. The number of likely N-dealkylation sites (N-methyl/N-ethyl adjacent to an activating group) is 1. The maximum absolute atomic E-state index is 12.1. The highest BCUT2D eigenvalue weighted by molar-refractivity contribution is 5.96. The highest BCUT2D eigenvalue weighted by Gasteiger charge is 2.25. The Morgan fingerprint density at radius 1 is 1.12 bits per heavy atom. The molecule has 1 rings (SSSR count). The van der Waals surface area contributed by atoms with Gasteiger partial charge in [0.15, 0.2) is 0 Å². The Hall–Kier alpha value is -2.41. The lowest BCUT2D eigenvalue weighted by atomic mass is 9.95. The summed E-state index contributed by atoms with van der Waals surface area (Å²) in [4.78, 5) is 34.8. The second-order valence-corrected chi connectivity index (χ2v) is 6.36. The lowest BCUT2D eigenvalue weighted by Crippen LogP contribution is -2.40. The molecule has 0 amide bonds. The summed E-state index contributed by atoms with van der Waals surface area (Å²) in [6.07, 6.45) is 0.338. The summed E-state index contributed by atoms with van der Waals surface area (Å²) in [7, 11) is 1.59. The Morgan fingerprint density at radius 2 is 1.62 bits per heavy atom. The standard InChI is InChI=1S/C17H23NO6/c1-17(2,3)24-16(23)13(18-4)9-8-10-11(14(19)20)6-5-7-12(10)15(21)22/h5-7,13,18H,8-9H2,1-4H3,(H,19,20)(H,21,22). The van der Waals surface area contributed by atoms with Gasteiger partial charge in [0.05, 0.1) is 11.1 Å². The third-order valence-corrected chi connectivity index (χ3v) is 3.36. The number of hydrogen-bond donors (Lipinski definition) is 3. The molecule has 0 aliphatic carbocycles. The summed E-state index contributed by atoms with van der Waals surface area (Å²) < 4.78 is 5.30. The molecule has 0 aromatic heterocycles. The number of nitrogens with one attached hydrogen (secondary N) is 1. The first-order valence-corrected chi connectivity index (χ1v) is 7.55. The van der Waals surface area contributed by atoms with Gasteiger partial charge >= 0.3 is 17.9 Å². The number of carboxylic acids is 2. The molecule has 0 fully saturated rings. The molecular weight excluding hydrogens is 314 g/mol. The minimum absolute atomic E-state index is 0.0751. The summed E-state index contributed by atoms with van der Waals surface area (Å²) >= 11 is 0. The Balaban J connectivity index is 3.01. The van der Waals surface area contributed by atoms with Crippen LogP contribution in [0.4, 0.5) is 0 Å². The van der Waals surface area contributed by atoms with Gasteiger partial charge in [0.1, 0.15) is 11.6 Å². The van der Waals surface area contributed by atoms with E-state index >= 15 is 0 Å². The first-order valence-electron chi connectivity index (χ1n) is 7.55. The zero-order valence-corrected chi connectivity index (χ0v) is 14.3. The summed E-state index contributed by atoms with van der Waals surface area (Å²) in [6, 6.07) is 3.44. The topological polar surface area (TPSA) is 113 Å². The first-order chi connectivity index (χ1) is 11.1. The van der Waals surface area contributed by atoms with Crippen molar-refractivity contribution in [1.29, 1.82) is 0 Å². The maximum Gasteiger partial charge on any atom is 0.335 e. The number of ether oxygens (including phenoxy) is 1. The van der Waals surface area contributed by atoms with E-state index in [-0.39, 0.29) is 29.5 Å². The Morgan fingerprint density at radius 3 is 2.00 bits per heavy atom. The summed E-state index contributed by atoms with van der Waals surface area (Å²) in [6.45, 7) is 5.25. The van der Waals surface area contributed by atoms with Gasteiger partial charge in [-0.15, -0.1) is 0 Å². The molecule has 0 bridgehead atoms. The van der Waals surface area contributed by atoms with Gasteiger partial charge in [-0.1, -0.05) is 6.07 Å². The molecule has 3 N–H and O–H groups in total. The lowest BCUT2D eigenvalue weighted by Gasteiger charge is -2.24. The predicted octanol–water partition coefficient (Wildman–Crippen LogP) is 1.95. The van der Waals surface area contributed by atoms with Crippen LogP contribution in [-0.4, -0.2) is 46.8 Å². The molecule has 0 radical (unpaired) electrons. The number of carbonyl (C=O) groups excluding carboxylic acids is 1. The van der Waals surface area contributed by atoms with E-state index in [4.69, 9.17) is 4.74 Å². The van der Waals surface area contributed by atoms with Crippen molar-refractivity contribution in [2.75, 3.05) is 7.05 Å². The van der Waals surface area contributed by atoms with Crippen molar-refractivity contribution in [3.8, 4) is 0 Å². The Labute approximate surface area is 140 Å². The number of hydrogen-bond acceptors (Lipinski definition) is 5. The number of aromatic carboxylic acids is 2. The van der Waals surface area contributed by atoms with Gasteiger partial charge in [-0.25, -0.2) is 9.59 Å². The van der Waals surface area contributed by atoms with E-state index in [2.05, 4.69) is 5.32 Å². The molecule has 1 aromatic rings. The van der Waals surface area contributed by atoms with Crippen molar-refractivity contribution < 1.29 is 29.3 Å². The second kappa shape index (κ2) is 7.92. The summed E-state index contributed by atoms with van der Waals surface area (Å²) in [5.74, 6) is -2.87. The van der Waals surface area contributed by atoms with E-state index in [0.29, 0.717) is 0 Å². The van der Waals surface area contributed by atoms with Crippen molar-refractivity contribution in [1.82, 2.24) is 5.32 Å². The van der Waals surface area contributed by atoms with Crippen LogP contribution in [0.5, 0.6) is 0 Å². The normalized spacial score (nSPS) is 12.5. The molecular formula is C17H23NO6. The Kier molecular flexibility index (Phi) is 6.48. The van der Waals surface area contributed by atoms with Crippen molar-refractivity contribution in [2.45, 2.75) is 45.3 Å². The zero-order valence-electron chi connectivity index (χ0n) is 14.3. The number of carboxylic acid groups (broad SMARTS) is 2. The minimum Gasteiger partial charge on any atom is -0.478 e. The van der Waals surface area contributed by atoms with Gasteiger partial charge < -0.3 is 20.3 Å². The second-order valence-electron chi connectivity index (χ2n) is 6.36. The van der Waals surface area contributed by atoms with E-state index < -0.39 is 29.6 Å². The van der Waals surface area contributed by atoms with Crippen molar-refractivity contribution >= 4 is 17.9 Å². The third kappa shape index (κ3) is 5.34. The largest absolute Gasteiger partial charge is 0.478 e. The fraction of sp³-hybridized carbons (Fsp3) is 0.471. The number of esters is 1. The van der Waals surface area contributed by atoms with Crippen LogP contribution >= 0.6 is 0 Å². The molecule has 1 unspecified atom stereocenters. The van der Waals surface area contributed by atoms with Crippen LogP contribution in [0.1, 0.15) is 53.5 Å². The highest BCUT2D eigenvalue weighted by Crippen LogP contribution is 2.19. The van der Waals surface area contributed by atoms with Gasteiger partial charge in [0.25, 0.3) is 0 Å². The average Bonchev–Trinajstić information content (AvgIpc) is 2.45. The molecule has 0 saturated heterocycles. The molecule has 132 valence electrons. The zero-order chi connectivity index (χ0) is 18.5. The van der Waals surface area contributed by atoms with Gasteiger partial charge in [0.2, 0.25) is 0 Å². The maximum atomic E-state index is 12.1. The van der Waals surface area contributed by atoms with E-state index in [1.165, 1.54) is 18.2 Å². The molecule has 7 nitrogen and oxygen atoms in total. The van der Waals surface area contributed by atoms with Crippen LogP contribution in [0, 0.1) is 0 Å². The van der Waals surface area contributed by atoms with Gasteiger partial charge in [-0.2, -0.15) is 0 Å². The SMILES string of the molecule is CNC(CCc1c(C(=O)O)cccc1C(=O)O)C(=O)OC(C)(C)C. The van der Waals surface area contributed by atoms with E-state index in [0.717, 1.165) is 0 Å². The molecule has 0 aliphatic rings. The molecule has 1 atom stereocenters. The number of benzene rings is 1. The van der Waals surface area contributed by atoms with Gasteiger partial charge in [-0.3, -0.25) is 4.79 Å². The molecule has 0 aliphatic heterocycles. The van der Waals surface area contributed by atoms with Crippen LogP contribution in [0.3, 0.4) is 0 Å². The fourth-order valence-electron chi connectivity index (χ4n) is 2.30. The van der Waals surface area contributed by atoms with Crippen molar-refractivity contribution in [3.63, 3.8) is 0 Å². The third-order valence-electron chi connectivity index (χ3n) is 3.36. The number of carbonyl (C=O) groups is 3. The quantitative estimate of drug-likeness (QED) is 0.652. The van der Waals surface area contributed by atoms with Crippen molar-refractivity contribution in [2.24, 2.45) is 0 Å². The van der Waals surface area contributed by atoms with Crippen LogP contribution in [0.15, 0.2) is 18.2 Å². The molecule has 0 heterocycles. The van der Waals surface area contributed by atoms with Gasteiger partial charge in [-0.05, 0) is 58.4 Å². The average molecular weight is 337 g/mol. The predicted molar refractivity (Wildman–Crippen MR) is 87.4 cm³/mol. The van der Waals surface area contributed by atoms with E-state index in [1.807, 2.05) is 0 Å².